The van der Waals surface area contributed by atoms with Crippen LogP contribution >= 0.6 is 0 Å². The van der Waals surface area contributed by atoms with Crippen LogP contribution in [0.15, 0.2) is 93.4 Å². The Bertz CT molecular complexity index is 1420. The molecule has 0 amide bonds. The fourth-order valence-electron chi connectivity index (χ4n) is 3.77. The standard InChI is InChI=1S/C25H15NO7/c27-20-15-8-2-1-7-14(15)19(26-12-13-6-5-11-32-13)18(20)25(31)33-24-22(29)17-10-4-3-9-16(17)21(28)23(24)30/h1-11,27,30H,12H2. The van der Waals surface area contributed by atoms with E-state index in [1.54, 1.807) is 48.5 Å². The van der Waals surface area contributed by atoms with E-state index in [1.807, 2.05) is 0 Å². The lowest BCUT2D eigenvalue weighted by Crippen LogP contribution is -2.26. The molecule has 2 aliphatic carbocycles. The van der Waals surface area contributed by atoms with Gasteiger partial charge in [-0.15, -0.1) is 0 Å². The summed E-state index contributed by atoms with van der Waals surface area (Å²) in [7, 11) is 0. The van der Waals surface area contributed by atoms with Gasteiger partial charge in [0.1, 0.15) is 17.1 Å². The Morgan fingerprint density at radius 1 is 0.818 bits per heavy atom. The molecular formula is C25H15NO7. The number of benzene rings is 2. The molecule has 2 N–H and O–H groups in total. The van der Waals surface area contributed by atoms with Gasteiger partial charge in [0.15, 0.2) is 0 Å². The number of aliphatic hydroxyl groups is 2. The molecule has 0 fully saturated rings. The van der Waals surface area contributed by atoms with Crippen molar-refractivity contribution in [1.82, 2.24) is 0 Å². The van der Waals surface area contributed by atoms with Crippen LogP contribution in [-0.2, 0) is 16.1 Å². The number of furan rings is 1. The predicted molar refractivity (Wildman–Crippen MR) is 116 cm³/mol. The Hall–Kier alpha value is -4.72. The molecule has 0 bridgehead atoms. The number of nitrogens with zero attached hydrogens (tertiary/aromatic N) is 1. The number of allylic oxidation sites excluding steroid dienone is 2. The minimum absolute atomic E-state index is 0.00252. The second-order valence-corrected chi connectivity index (χ2v) is 7.28. The Kier molecular flexibility index (Phi) is 4.75. The predicted octanol–water partition coefficient (Wildman–Crippen LogP) is 3.94. The highest BCUT2D eigenvalue weighted by atomic mass is 16.5. The van der Waals surface area contributed by atoms with Crippen molar-refractivity contribution in [1.29, 1.82) is 0 Å². The molecule has 1 heterocycles. The van der Waals surface area contributed by atoms with Crippen molar-refractivity contribution in [3.63, 3.8) is 0 Å². The van der Waals surface area contributed by atoms with Crippen molar-refractivity contribution in [3.8, 4) is 0 Å². The average Bonchev–Trinajstić information content (AvgIpc) is 3.45. The third-order valence-electron chi connectivity index (χ3n) is 5.34. The largest absolute Gasteiger partial charge is 0.506 e. The minimum atomic E-state index is -1.14. The van der Waals surface area contributed by atoms with E-state index >= 15 is 0 Å². The molecule has 162 valence electrons. The summed E-state index contributed by atoms with van der Waals surface area (Å²) >= 11 is 0. The van der Waals surface area contributed by atoms with E-state index < -0.39 is 29.1 Å². The maximum atomic E-state index is 13.1. The van der Waals surface area contributed by atoms with Gasteiger partial charge >= 0.3 is 5.97 Å². The first kappa shape index (κ1) is 20.2. The van der Waals surface area contributed by atoms with Gasteiger partial charge in [0.05, 0.1) is 18.5 Å². The molecule has 0 aliphatic heterocycles. The number of rotatable bonds is 4. The maximum absolute atomic E-state index is 13.1. The van der Waals surface area contributed by atoms with Crippen molar-refractivity contribution < 1.29 is 33.8 Å². The summed E-state index contributed by atoms with van der Waals surface area (Å²) in [6.07, 6.45) is 1.49. The number of ether oxygens (including phenoxy) is 1. The van der Waals surface area contributed by atoms with E-state index in [9.17, 15) is 24.6 Å². The Balaban J connectivity index is 1.53. The Morgan fingerprint density at radius 2 is 1.45 bits per heavy atom. The normalized spacial score (nSPS) is 16.3. The van der Waals surface area contributed by atoms with Crippen LogP contribution < -0.4 is 0 Å². The van der Waals surface area contributed by atoms with Gasteiger partial charge in [-0.3, -0.25) is 14.6 Å². The first-order valence-electron chi connectivity index (χ1n) is 9.91. The van der Waals surface area contributed by atoms with E-state index in [0.29, 0.717) is 16.9 Å². The molecule has 2 aromatic carbocycles. The molecule has 2 aliphatic rings. The zero-order valence-corrected chi connectivity index (χ0v) is 16.9. The molecule has 0 radical (unpaired) electrons. The van der Waals surface area contributed by atoms with Crippen LogP contribution in [-0.4, -0.2) is 33.5 Å². The molecule has 0 atom stereocenters. The number of aliphatic imine (C=N–C) groups is 1. The summed E-state index contributed by atoms with van der Waals surface area (Å²) in [6, 6.07) is 16.0. The molecule has 0 saturated carbocycles. The quantitative estimate of drug-likeness (QED) is 0.587. The van der Waals surface area contributed by atoms with Gasteiger partial charge in [-0.1, -0.05) is 48.5 Å². The highest BCUT2D eigenvalue weighted by molar-refractivity contribution is 6.35. The van der Waals surface area contributed by atoms with Crippen LogP contribution in [0.2, 0.25) is 0 Å². The number of hydrogen-bond acceptors (Lipinski definition) is 8. The van der Waals surface area contributed by atoms with Crippen molar-refractivity contribution in [2.45, 2.75) is 6.54 Å². The first-order valence-corrected chi connectivity index (χ1v) is 9.91. The van der Waals surface area contributed by atoms with E-state index in [0.717, 1.165) is 0 Å². The molecule has 0 unspecified atom stereocenters. The number of aliphatic hydroxyl groups excluding tert-OH is 2. The van der Waals surface area contributed by atoms with E-state index in [-0.39, 0.29) is 34.7 Å². The summed E-state index contributed by atoms with van der Waals surface area (Å²) in [5.41, 5.74) is 0.709. The summed E-state index contributed by atoms with van der Waals surface area (Å²) in [6.45, 7) is 0.0828. The number of esters is 1. The monoisotopic (exact) mass is 441 g/mol. The van der Waals surface area contributed by atoms with Crippen molar-refractivity contribution >= 4 is 29.0 Å². The molecular weight excluding hydrogens is 426 g/mol. The zero-order chi connectivity index (χ0) is 23.1. The van der Waals surface area contributed by atoms with Crippen LogP contribution in [0.3, 0.4) is 0 Å². The Morgan fingerprint density at radius 3 is 2.12 bits per heavy atom. The Labute approximate surface area is 186 Å². The average molecular weight is 441 g/mol. The highest BCUT2D eigenvalue weighted by Gasteiger charge is 2.39. The van der Waals surface area contributed by atoms with Gasteiger partial charge < -0.3 is 19.4 Å². The second-order valence-electron chi connectivity index (χ2n) is 7.28. The maximum Gasteiger partial charge on any atom is 0.349 e. The second kappa shape index (κ2) is 7.76. The number of ketones is 2. The van der Waals surface area contributed by atoms with Crippen LogP contribution in [0.5, 0.6) is 0 Å². The summed E-state index contributed by atoms with van der Waals surface area (Å²) in [4.78, 5) is 42.8. The summed E-state index contributed by atoms with van der Waals surface area (Å²) in [5.74, 6) is -4.42. The van der Waals surface area contributed by atoms with E-state index in [4.69, 9.17) is 9.15 Å². The SMILES string of the molecule is O=C(OC1=C(O)C(=O)c2ccccc2C1=O)C1=C(O)c2ccccc2C1=NCc1ccco1. The van der Waals surface area contributed by atoms with Crippen molar-refractivity contribution in [2.24, 2.45) is 4.99 Å². The molecule has 5 rings (SSSR count). The van der Waals surface area contributed by atoms with Crippen LogP contribution in [0.25, 0.3) is 5.76 Å². The first-order chi connectivity index (χ1) is 16.0. The molecule has 8 nitrogen and oxygen atoms in total. The van der Waals surface area contributed by atoms with Gasteiger partial charge in [0, 0.05) is 22.3 Å². The minimum Gasteiger partial charge on any atom is -0.506 e. The molecule has 8 heteroatoms. The lowest BCUT2D eigenvalue weighted by molar-refractivity contribution is -0.134. The number of fused-ring (bicyclic) bond motifs is 2. The fraction of sp³-hybridized carbons (Fsp3) is 0.0400. The molecule has 33 heavy (non-hydrogen) atoms. The van der Waals surface area contributed by atoms with Crippen LogP contribution in [0.1, 0.15) is 37.6 Å². The molecule has 1 aromatic heterocycles. The smallest absolute Gasteiger partial charge is 0.349 e. The number of carbonyl (C=O) groups excluding carboxylic acids is 3. The lowest BCUT2D eigenvalue weighted by Gasteiger charge is -2.17. The summed E-state index contributed by atoms with van der Waals surface area (Å²) < 4.78 is 10.5. The van der Waals surface area contributed by atoms with E-state index in [2.05, 4.69) is 4.99 Å². The van der Waals surface area contributed by atoms with E-state index in [1.165, 1.54) is 18.4 Å². The van der Waals surface area contributed by atoms with Crippen molar-refractivity contribution in [3.05, 3.63) is 112 Å². The van der Waals surface area contributed by atoms with Crippen molar-refractivity contribution in [2.75, 3.05) is 0 Å². The molecule has 0 spiro atoms. The fourth-order valence-corrected chi connectivity index (χ4v) is 3.77. The lowest BCUT2D eigenvalue weighted by atomic mass is 9.92. The van der Waals surface area contributed by atoms with Gasteiger partial charge in [-0.2, -0.15) is 0 Å². The summed E-state index contributed by atoms with van der Waals surface area (Å²) in [5, 5.41) is 21.0. The third kappa shape index (κ3) is 3.25. The van der Waals surface area contributed by atoms with Gasteiger partial charge in [0.2, 0.25) is 23.1 Å². The number of Topliss-reactive ketones (excluding diaryl/α,β-unsaturated/α-hetero) is 2. The zero-order valence-electron chi connectivity index (χ0n) is 16.9. The number of carbonyl (C=O) groups is 3. The molecule has 3 aromatic rings. The number of hydrogen-bond donors (Lipinski definition) is 2. The van der Waals surface area contributed by atoms with Crippen LogP contribution in [0, 0.1) is 0 Å². The third-order valence-corrected chi connectivity index (χ3v) is 5.34. The van der Waals surface area contributed by atoms with Gasteiger partial charge in [0.25, 0.3) is 0 Å². The topological polar surface area (TPSA) is 126 Å². The van der Waals surface area contributed by atoms with Gasteiger partial charge in [-0.05, 0) is 12.1 Å². The van der Waals surface area contributed by atoms with Gasteiger partial charge in [-0.25, -0.2) is 4.79 Å². The highest BCUT2D eigenvalue weighted by Crippen LogP contribution is 2.34. The molecule has 0 saturated heterocycles. The van der Waals surface area contributed by atoms with Crippen LogP contribution in [0.4, 0.5) is 0 Å².